The van der Waals surface area contributed by atoms with Crippen molar-refractivity contribution in [3.05, 3.63) is 83.0 Å². The van der Waals surface area contributed by atoms with Crippen molar-refractivity contribution in [3.8, 4) is 0 Å². The number of hydrogen-bond donors (Lipinski definition) is 2. The van der Waals surface area contributed by atoms with Crippen molar-refractivity contribution >= 4 is 17.8 Å². The number of likely N-dealkylation sites (N-methyl/N-ethyl adjacent to an activating group) is 1. The van der Waals surface area contributed by atoms with Gasteiger partial charge in [0.05, 0.1) is 17.8 Å². The van der Waals surface area contributed by atoms with E-state index in [4.69, 9.17) is 4.74 Å². The first-order valence-corrected chi connectivity index (χ1v) is 11.4. The Morgan fingerprint density at radius 2 is 1.76 bits per heavy atom. The predicted molar refractivity (Wildman–Crippen MR) is 131 cm³/mol. The number of aromatic nitrogens is 2. The van der Waals surface area contributed by atoms with Crippen LogP contribution in [0.25, 0.3) is 0 Å². The minimum atomic E-state index is -0.662. The van der Waals surface area contributed by atoms with Crippen molar-refractivity contribution in [2.75, 3.05) is 26.0 Å². The smallest absolute Gasteiger partial charge is 0.411 e. The molecule has 34 heavy (non-hydrogen) atoms. The largest absolute Gasteiger partial charge is 0.444 e. The number of ether oxygens (including phenoxy) is 1. The van der Waals surface area contributed by atoms with Gasteiger partial charge in [0, 0.05) is 24.1 Å². The monoisotopic (exact) mass is 461 g/mol. The molecule has 1 aliphatic heterocycles. The number of nitrogens with zero attached hydrogens (tertiary/aromatic N) is 3. The number of H-pyrrole nitrogens is 1. The molecule has 0 unspecified atom stereocenters. The van der Waals surface area contributed by atoms with Gasteiger partial charge in [0.15, 0.2) is 5.82 Å². The average Bonchev–Trinajstić information content (AvgIpc) is 3.32. The van der Waals surface area contributed by atoms with Gasteiger partial charge in [0.2, 0.25) is 0 Å². The van der Waals surface area contributed by atoms with Gasteiger partial charge in [0.1, 0.15) is 6.10 Å². The molecule has 0 aliphatic carbocycles. The quantitative estimate of drug-likeness (QED) is 0.555. The second kappa shape index (κ2) is 9.69. The first kappa shape index (κ1) is 23.5. The van der Waals surface area contributed by atoms with Gasteiger partial charge in [-0.05, 0) is 45.6 Å². The number of anilines is 1. The number of carbonyl (C=O) groups is 2. The maximum Gasteiger partial charge on any atom is 0.411 e. The van der Waals surface area contributed by atoms with Crippen LogP contribution in [0.1, 0.15) is 41.0 Å². The topological polar surface area (TPSA) is 90.6 Å². The summed E-state index contributed by atoms with van der Waals surface area (Å²) < 4.78 is 6.00. The molecule has 2 amide bonds. The Morgan fingerprint density at radius 3 is 2.41 bits per heavy atom. The van der Waals surface area contributed by atoms with E-state index in [1.165, 1.54) is 0 Å². The summed E-state index contributed by atoms with van der Waals surface area (Å²) in [5, 5.41) is 10.2. The number of aromatic amines is 1. The minimum Gasteiger partial charge on any atom is -0.444 e. The van der Waals surface area contributed by atoms with E-state index in [0.717, 1.165) is 16.8 Å². The van der Waals surface area contributed by atoms with Crippen molar-refractivity contribution < 1.29 is 14.3 Å². The maximum absolute atomic E-state index is 13.3. The Labute approximate surface area is 199 Å². The summed E-state index contributed by atoms with van der Waals surface area (Å²) in [6.45, 7) is 4.79. The molecule has 8 heteroatoms. The first-order valence-electron chi connectivity index (χ1n) is 11.4. The minimum absolute atomic E-state index is 0.248. The molecule has 2 N–H and O–H groups in total. The number of carbonyl (C=O) groups excluding carboxylic acids is 2. The van der Waals surface area contributed by atoms with E-state index in [2.05, 4.69) is 15.5 Å². The number of nitrogens with one attached hydrogen (secondary N) is 2. The van der Waals surface area contributed by atoms with E-state index in [-0.39, 0.29) is 12.0 Å². The Hall–Kier alpha value is -3.65. The number of hydrogen-bond acceptors (Lipinski definition) is 5. The van der Waals surface area contributed by atoms with E-state index in [0.29, 0.717) is 30.9 Å². The third-order valence-corrected chi connectivity index (χ3v) is 6.10. The fourth-order valence-corrected chi connectivity index (χ4v) is 4.32. The molecule has 0 fully saturated rings. The molecule has 3 aromatic rings. The summed E-state index contributed by atoms with van der Waals surface area (Å²) >= 11 is 0. The van der Waals surface area contributed by atoms with Gasteiger partial charge < -0.3 is 15.0 Å². The molecule has 4 rings (SSSR count). The summed E-state index contributed by atoms with van der Waals surface area (Å²) in [4.78, 5) is 29.7. The lowest BCUT2D eigenvalue weighted by Crippen LogP contribution is -2.44. The van der Waals surface area contributed by atoms with Crippen molar-refractivity contribution in [2.45, 2.75) is 38.5 Å². The lowest BCUT2D eigenvalue weighted by atomic mass is 10.0. The highest BCUT2D eigenvalue weighted by Gasteiger charge is 2.45. The van der Waals surface area contributed by atoms with Crippen LogP contribution >= 0.6 is 0 Å². The second-order valence-corrected chi connectivity index (χ2v) is 9.35. The molecule has 0 bridgehead atoms. The van der Waals surface area contributed by atoms with Crippen LogP contribution in [0.4, 0.5) is 10.6 Å². The lowest BCUT2D eigenvalue weighted by molar-refractivity contribution is 0.0268. The number of amides is 2. The van der Waals surface area contributed by atoms with Gasteiger partial charge >= 0.3 is 6.09 Å². The second-order valence-electron chi connectivity index (χ2n) is 9.35. The molecule has 1 atom stereocenters. The van der Waals surface area contributed by atoms with Crippen molar-refractivity contribution in [3.63, 3.8) is 0 Å². The van der Waals surface area contributed by atoms with E-state index in [1.807, 2.05) is 81.4 Å². The van der Waals surface area contributed by atoms with Crippen LogP contribution in [0.2, 0.25) is 0 Å². The molecular weight excluding hydrogens is 430 g/mol. The van der Waals surface area contributed by atoms with E-state index < -0.39 is 11.6 Å². The molecule has 2 aromatic carbocycles. The Kier molecular flexibility index (Phi) is 6.70. The Balaban J connectivity index is 1.49. The molecular formula is C26H31N5O3. The van der Waals surface area contributed by atoms with Crippen LogP contribution in [0.3, 0.4) is 0 Å². The van der Waals surface area contributed by atoms with Gasteiger partial charge in [-0.1, -0.05) is 48.5 Å². The highest BCUT2D eigenvalue weighted by molar-refractivity contribution is 6.04. The summed E-state index contributed by atoms with van der Waals surface area (Å²) in [6.07, 6.45) is -0.0581. The summed E-state index contributed by atoms with van der Waals surface area (Å²) in [7, 11) is 3.92. The van der Waals surface area contributed by atoms with Gasteiger partial charge in [-0.25, -0.2) is 4.79 Å². The fourth-order valence-electron chi connectivity index (χ4n) is 4.32. The zero-order valence-corrected chi connectivity index (χ0v) is 20.0. The van der Waals surface area contributed by atoms with Gasteiger partial charge in [-0.15, -0.1) is 0 Å². The van der Waals surface area contributed by atoms with E-state index >= 15 is 0 Å². The van der Waals surface area contributed by atoms with Crippen molar-refractivity contribution in [2.24, 2.45) is 0 Å². The molecule has 0 saturated heterocycles. The van der Waals surface area contributed by atoms with Gasteiger partial charge in [-0.2, -0.15) is 5.10 Å². The molecule has 0 saturated carbocycles. The Bertz CT molecular complexity index is 1140. The number of benzene rings is 2. The van der Waals surface area contributed by atoms with E-state index in [1.54, 1.807) is 17.0 Å². The zero-order chi connectivity index (χ0) is 24.3. The zero-order valence-electron chi connectivity index (χ0n) is 20.0. The van der Waals surface area contributed by atoms with Crippen molar-refractivity contribution in [1.82, 2.24) is 20.0 Å². The van der Waals surface area contributed by atoms with Crippen LogP contribution in [0.15, 0.2) is 60.7 Å². The normalized spacial score (nSPS) is 15.1. The first-order chi connectivity index (χ1) is 16.3. The van der Waals surface area contributed by atoms with Crippen LogP contribution in [0.5, 0.6) is 0 Å². The number of fused-ring (bicyclic) bond motifs is 1. The lowest BCUT2D eigenvalue weighted by Gasteiger charge is -2.33. The van der Waals surface area contributed by atoms with E-state index in [9.17, 15) is 9.59 Å². The van der Waals surface area contributed by atoms with Crippen LogP contribution in [-0.2, 0) is 23.2 Å². The third-order valence-electron chi connectivity index (χ3n) is 6.10. The molecule has 1 aliphatic rings. The standard InChI is InChI=1S/C26H31N5O3/c1-26(2)22-21(23(29-28-22)27-24(32)19-13-9-6-10-14-19)17-31(26)25(33)34-20(16-30(3)4)15-18-11-7-5-8-12-18/h5-14,20H,15-17H2,1-4H3,(H2,27,28,29,32)/t20-/m0/s1. The summed E-state index contributed by atoms with van der Waals surface area (Å²) in [6, 6.07) is 19.0. The molecule has 2 heterocycles. The SMILES string of the molecule is CN(C)C[C@H](Cc1ccccc1)OC(=O)N1Cc2c(NC(=O)c3ccccc3)n[nH]c2C1(C)C. The summed E-state index contributed by atoms with van der Waals surface area (Å²) in [5.74, 6) is 0.184. The Morgan fingerprint density at radius 1 is 1.12 bits per heavy atom. The molecule has 8 nitrogen and oxygen atoms in total. The maximum atomic E-state index is 13.3. The van der Waals surface area contributed by atoms with Crippen LogP contribution < -0.4 is 5.32 Å². The summed E-state index contributed by atoms with van der Waals surface area (Å²) in [5.41, 5.74) is 2.58. The fraction of sp³-hybridized carbons (Fsp3) is 0.346. The molecule has 0 radical (unpaired) electrons. The molecule has 1 aromatic heterocycles. The van der Waals surface area contributed by atoms with Crippen LogP contribution in [-0.4, -0.2) is 58.7 Å². The van der Waals surface area contributed by atoms with Crippen LogP contribution in [0, 0.1) is 0 Å². The molecule has 178 valence electrons. The van der Waals surface area contributed by atoms with Crippen molar-refractivity contribution in [1.29, 1.82) is 0 Å². The highest BCUT2D eigenvalue weighted by Crippen LogP contribution is 2.41. The van der Waals surface area contributed by atoms with Gasteiger partial charge in [-0.3, -0.25) is 14.8 Å². The highest BCUT2D eigenvalue weighted by atomic mass is 16.6. The van der Waals surface area contributed by atoms with Gasteiger partial charge in [0.25, 0.3) is 5.91 Å². The molecule has 0 spiro atoms. The number of rotatable bonds is 7. The third kappa shape index (κ3) is 4.97. The average molecular weight is 462 g/mol. The predicted octanol–water partition coefficient (Wildman–Crippen LogP) is 4.02.